The molecule has 0 aliphatic heterocycles. The van der Waals surface area contributed by atoms with Crippen LogP contribution in [0.1, 0.15) is 48.4 Å². The van der Waals surface area contributed by atoms with Crippen molar-refractivity contribution < 1.29 is 18.7 Å². The van der Waals surface area contributed by atoms with Crippen LogP contribution in [-0.2, 0) is 0 Å². The normalized spacial score (nSPS) is 11.0. The summed E-state index contributed by atoms with van der Waals surface area (Å²) in [6.07, 6.45) is 1.52. The van der Waals surface area contributed by atoms with Crippen LogP contribution in [0.4, 0.5) is 4.39 Å². The van der Waals surface area contributed by atoms with Crippen LogP contribution in [0.3, 0.4) is 0 Å². The van der Waals surface area contributed by atoms with E-state index in [1.165, 1.54) is 24.4 Å². The lowest BCUT2D eigenvalue weighted by Crippen LogP contribution is -2.56. The monoisotopic (exact) mass is 359 g/mol. The maximum absolute atomic E-state index is 13.9. The number of hydrazine groups is 1. The molecule has 6 nitrogen and oxygen atoms in total. The fourth-order valence-corrected chi connectivity index (χ4v) is 2.26. The van der Waals surface area contributed by atoms with Gasteiger partial charge in [-0.2, -0.15) is 0 Å². The van der Waals surface area contributed by atoms with E-state index in [0.717, 1.165) is 5.01 Å². The van der Waals surface area contributed by atoms with Crippen molar-refractivity contribution in [3.8, 4) is 5.88 Å². The van der Waals surface area contributed by atoms with E-state index in [4.69, 9.17) is 4.74 Å². The third kappa shape index (κ3) is 4.36. The number of amides is 2. The Morgan fingerprint density at radius 1 is 1.15 bits per heavy atom. The molecule has 26 heavy (non-hydrogen) atoms. The first kappa shape index (κ1) is 19.4. The number of pyridine rings is 1. The zero-order chi connectivity index (χ0) is 19.3. The number of carbonyl (C=O) groups is 2. The van der Waals surface area contributed by atoms with Crippen LogP contribution in [0.25, 0.3) is 0 Å². The molecular formula is C19H22FN3O3. The summed E-state index contributed by atoms with van der Waals surface area (Å²) in [7, 11) is 0. The number of hydrogen-bond acceptors (Lipinski definition) is 4. The molecule has 0 atom stereocenters. The minimum absolute atomic E-state index is 0.147. The molecule has 0 aliphatic rings. The van der Waals surface area contributed by atoms with Crippen molar-refractivity contribution in [3.63, 3.8) is 0 Å². The van der Waals surface area contributed by atoms with Crippen LogP contribution >= 0.6 is 0 Å². The summed E-state index contributed by atoms with van der Waals surface area (Å²) in [5.74, 6) is -1.70. The molecule has 2 amide bonds. The highest BCUT2D eigenvalue weighted by Crippen LogP contribution is 2.21. The summed E-state index contributed by atoms with van der Waals surface area (Å²) >= 11 is 0. The Hall–Kier alpha value is -2.96. The van der Waals surface area contributed by atoms with Gasteiger partial charge in [-0.15, -0.1) is 0 Å². The van der Waals surface area contributed by atoms with Crippen molar-refractivity contribution in [1.82, 2.24) is 15.4 Å². The lowest BCUT2D eigenvalue weighted by atomic mass is 10.1. The van der Waals surface area contributed by atoms with E-state index in [1.807, 2.05) is 0 Å². The van der Waals surface area contributed by atoms with Gasteiger partial charge in [-0.05, 0) is 52.0 Å². The van der Waals surface area contributed by atoms with E-state index in [0.29, 0.717) is 6.61 Å². The number of ether oxygens (including phenoxy) is 1. The maximum Gasteiger partial charge on any atom is 0.278 e. The molecule has 1 aromatic heterocycles. The third-order valence-corrected chi connectivity index (χ3v) is 3.49. The Morgan fingerprint density at radius 3 is 2.42 bits per heavy atom. The molecule has 1 aromatic carbocycles. The number of halogens is 1. The quantitative estimate of drug-likeness (QED) is 0.851. The molecule has 2 rings (SSSR count). The smallest absolute Gasteiger partial charge is 0.278 e. The molecule has 0 fully saturated rings. The van der Waals surface area contributed by atoms with Crippen molar-refractivity contribution in [1.29, 1.82) is 0 Å². The van der Waals surface area contributed by atoms with E-state index in [1.54, 1.807) is 45.9 Å². The first-order valence-electron chi connectivity index (χ1n) is 8.23. The molecule has 0 bridgehead atoms. The SMILES string of the molecule is CCOc1ncccc1C(=O)N(NC(=O)c1ccccc1F)C(C)(C)C. The average molecular weight is 359 g/mol. The van der Waals surface area contributed by atoms with E-state index in [9.17, 15) is 14.0 Å². The molecular weight excluding hydrogens is 337 g/mol. The van der Waals surface area contributed by atoms with Gasteiger partial charge in [-0.1, -0.05) is 12.1 Å². The standard InChI is InChI=1S/C19H22FN3O3/c1-5-26-17-14(10-8-12-21-17)18(25)23(19(2,3)4)22-16(24)13-9-6-7-11-15(13)20/h6-12H,5H2,1-4H3,(H,22,24). The maximum atomic E-state index is 13.9. The van der Waals surface area contributed by atoms with Gasteiger partial charge in [0.15, 0.2) is 0 Å². The fourth-order valence-electron chi connectivity index (χ4n) is 2.26. The Balaban J connectivity index is 2.36. The van der Waals surface area contributed by atoms with E-state index >= 15 is 0 Å². The van der Waals surface area contributed by atoms with Gasteiger partial charge >= 0.3 is 0 Å². The van der Waals surface area contributed by atoms with E-state index < -0.39 is 23.2 Å². The molecule has 0 radical (unpaired) electrons. The van der Waals surface area contributed by atoms with Gasteiger partial charge < -0.3 is 4.74 Å². The third-order valence-electron chi connectivity index (χ3n) is 3.49. The number of nitrogens with zero attached hydrogens (tertiary/aromatic N) is 2. The zero-order valence-corrected chi connectivity index (χ0v) is 15.2. The van der Waals surface area contributed by atoms with Crippen LogP contribution in [0.15, 0.2) is 42.6 Å². The molecule has 0 saturated heterocycles. The van der Waals surface area contributed by atoms with Gasteiger partial charge in [0.1, 0.15) is 11.4 Å². The molecule has 0 aliphatic carbocycles. The minimum atomic E-state index is -0.767. The number of aromatic nitrogens is 1. The highest BCUT2D eigenvalue weighted by Gasteiger charge is 2.32. The Labute approximate surface area is 152 Å². The van der Waals surface area contributed by atoms with Crippen LogP contribution < -0.4 is 10.2 Å². The lowest BCUT2D eigenvalue weighted by Gasteiger charge is -2.35. The average Bonchev–Trinajstić information content (AvgIpc) is 2.59. The number of benzene rings is 1. The van der Waals surface area contributed by atoms with Crippen molar-refractivity contribution in [2.75, 3.05) is 6.61 Å². The molecule has 2 aromatic rings. The van der Waals surface area contributed by atoms with Gasteiger partial charge in [-0.3, -0.25) is 15.0 Å². The fraction of sp³-hybridized carbons (Fsp3) is 0.316. The predicted molar refractivity (Wildman–Crippen MR) is 95.2 cm³/mol. The second-order valence-electron chi connectivity index (χ2n) is 6.52. The Kier molecular flexibility index (Phi) is 5.92. The summed E-state index contributed by atoms with van der Waals surface area (Å²) < 4.78 is 19.3. The Bertz CT molecular complexity index is 803. The second kappa shape index (κ2) is 7.95. The predicted octanol–water partition coefficient (Wildman–Crippen LogP) is 3.21. The molecule has 0 spiro atoms. The summed E-state index contributed by atoms with van der Waals surface area (Å²) in [5.41, 5.74) is 1.80. The van der Waals surface area contributed by atoms with Crippen molar-refractivity contribution in [2.24, 2.45) is 0 Å². The van der Waals surface area contributed by atoms with Crippen LogP contribution in [0.5, 0.6) is 5.88 Å². The van der Waals surface area contributed by atoms with E-state index in [2.05, 4.69) is 10.4 Å². The molecule has 7 heteroatoms. The number of rotatable bonds is 4. The molecule has 1 N–H and O–H groups in total. The van der Waals surface area contributed by atoms with Crippen LogP contribution in [-0.4, -0.2) is 34.0 Å². The summed E-state index contributed by atoms with van der Waals surface area (Å²) in [5, 5.41) is 1.15. The first-order valence-corrected chi connectivity index (χ1v) is 8.23. The van der Waals surface area contributed by atoms with Gasteiger partial charge in [0, 0.05) is 6.20 Å². The number of hydrogen-bond donors (Lipinski definition) is 1. The largest absolute Gasteiger partial charge is 0.477 e. The highest BCUT2D eigenvalue weighted by atomic mass is 19.1. The van der Waals surface area contributed by atoms with Crippen molar-refractivity contribution in [2.45, 2.75) is 33.2 Å². The number of carbonyl (C=O) groups excluding carboxylic acids is 2. The highest BCUT2D eigenvalue weighted by molar-refractivity contribution is 6.00. The molecule has 138 valence electrons. The summed E-state index contributed by atoms with van der Waals surface area (Å²) in [6.45, 7) is 7.38. The molecule has 1 heterocycles. The van der Waals surface area contributed by atoms with Gasteiger partial charge in [-0.25, -0.2) is 14.4 Å². The minimum Gasteiger partial charge on any atom is -0.477 e. The van der Waals surface area contributed by atoms with Crippen LogP contribution in [0.2, 0.25) is 0 Å². The topological polar surface area (TPSA) is 71.5 Å². The first-order chi connectivity index (χ1) is 12.3. The van der Waals surface area contributed by atoms with E-state index in [-0.39, 0.29) is 17.0 Å². The van der Waals surface area contributed by atoms with Crippen molar-refractivity contribution in [3.05, 3.63) is 59.5 Å². The summed E-state index contributed by atoms with van der Waals surface area (Å²) in [4.78, 5) is 29.6. The van der Waals surface area contributed by atoms with Crippen LogP contribution in [0, 0.1) is 5.82 Å². The molecule has 0 unspecified atom stereocenters. The lowest BCUT2D eigenvalue weighted by molar-refractivity contribution is 0.0353. The van der Waals surface area contributed by atoms with Crippen molar-refractivity contribution >= 4 is 11.8 Å². The van der Waals surface area contributed by atoms with Gasteiger partial charge in [0.05, 0.1) is 17.7 Å². The summed E-state index contributed by atoms with van der Waals surface area (Å²) in [6, 6.07) is 8.75. The number of nitrogens with one attached hydrogen (secondary N) is 1. The molecule has 0 saturated carbocycles. The van der Waals surface area contributed by atoms with Gasteiger partial charge in [0.2, 0.25) is 5.88 Å². The Morgan fingerprint density at radius 2 is 1.81 bits per heavy atom. The van der Waals surface area contributed by atoms with Gasteiger partial charge in [0.25, 0.3) is 11.8 Å². The second-order valence-corrected chi connectivity index (χ2v) is 6.52. The zero-order valence-electron chi connectivity index (χ0n) is 15.2.